The summed E-state index contributed by atoms with van der Waals surface area (Å²) in [5, 5.41) is 153. The van der Waals surface area contributed by atoms with Crippen molar-refractivity contribution in [3.63, 3.8) is 0 Å². The molecule has 4 heterocycles. The average Bonchev–Trinajstić information content (AvgIpc) is 3.13. The second-order valence-corrected chi connectivity index (χ2v) is 27.8. The Labute approximate surface area is 485 Å². The Bertz CT molecular complexity index is 2340. The molecule has 30 unspecified atom stereocenters. The number of aliphatic hydroxyl groups is 14. The summed E-state index contributed by atoms with van der Waals surface area (Å²) in [6.45, 7) is 17.8. The van der Waals surface area contributed by atoms with E-state index in [-0.39, 0.29) is 40.8 Å². The van der Waals surface area contributed by atoms with Crippen molar-refractivity contribution in [1.29, 1.82) is 0 Å². The highest BCUT2D eigenvalue weighted by atomic mass is 16.8. The summed E-state index contributed by atoms with van der Waals surface area (Å²) in [5.41, 5.74) is -1.98. The van der Waals surface area contributed by atoms with Crippen LogP contribution in [0.15, 0.2) is 23.3 Å². The van der Waals surface area contributed by atoms with Crippen LogP contribution in [0.1, 0.15) is 121 Å². The Morgan fingerprint density at radius 1 is 0.614 bits per heavy atom. The van der Waals surface area contributed by atoms with Gasteiger partial charge < -0.3 is 114 Å². The largest absolute Gasteiger partial charge is 0.451 e. The maximum Gasteiger partial charge on any atom is 0.333 e. The molecule has 476 valence electrons. The number of ether oxygens (including phenoxy) is 9. The van der Waals surface area contributed by atoms with Crippen molar-refractivity contribution in [3.8, 4) is 0 Å². The van der Waals surface area contributed by atoms with Crippen LogP contribution in [0.2, 0.25) is 0 Å². The maximum atomic E-state index is 13.3. The van der Waals surface area contributed by atoms with Crippen molar-refractivity contribution in [1.82, 2.24) is 0 Å². The smallest absolute Gasteiger partial charge is 0.333 e. The van der Waals surface area contributed by atoms with Crippen LogP contribution in [-0.4, -0.2) is 245 Å². The zero-order valence-corrected chi connectivity index (χ0v) is 49.5. The van der Waals surface area contributed by atoms with Crippen molar-refractivity contribution in [2.45, 2.75) is 262 Å². The molecule has 83 heavy (non-hydrogen) atoms. The number of allylic oxidation sites excluding steroid dienone is 3. The quantitative estimate of drug-likeness (QED) is 0.0426. The normalized spacial score (nSPS) is 52.5. The molecule has 0 aromatic carbocycles. The van der Waals surface area contributed by atoms with E-state index < -0.39 is 189 Å². The van der Waals surface area contributed by atoms with Crippen LogP contribution in [0, 0.1) is 50.2 Å². The molecule has 30 atom stereocenters. The fraction of sp³-hybridized carbons (Fsp3) is 0.915. The van der Waals surface area contributed by atoms with Gasteiger partial charge in [0.15, 0.2) is 31.3 Å². The van der Waals surface area contributed by atoms with Crippen LogP contribution in [0.3, 0.4) is 0 Å². The van der Waals surface area contributed by atoms with Gasteiger partial charge in [-0.3, -0.25) is 0 Å². The van der Waals surface area contributed by atoms with E-state index in [0.29, 0.717) is 32.1 Å². The van der Waals surface area contributed by atoms with E-state index in [9.17, 15) is 76.3 Å². The van der Waals surface area contributed by atoms with Gasteiger partial charge in [0.05, 0.1) is 50.8 Å². The zero-order valence-electron chi connectivity index (χ0n) is 49.5. The lowest BCUT2D eigenvalue weighted by atomic mass is 9.33. The highest BCUT2D eigenvalue weighted by Crippen LogP contribution is 2.76. The minimum atomic E-state index is -1.77. The standard InChI is InChI=1S/C59H96O24/c1-11-25(2)49(74)82-46-42(69)38(65)31(23-75-50-43(70)40(67)36(63)29(21-60)78-50)80-53(46)81-34-15-16-56(8)32(55(34,6)7)14-17-58(10)33(56)13-12-27-28-20-54(4,5)47(72)48(73)59(28,19-18-57(27,58)9)24-76-52-45(41(68)37(64)30(22-61)79-52)83-51-44(71)39(66)35(62)26(3)77-51/h11-12,26,28-48,50-53,60-73H,13-24H2,1-10H3. The van der Waals surface area contributed by atoms with E-state index in [2.05, 4.69) is 40.7 Å². The van der Waals surface area contributed by atoms with Gasteiger partial charge in [0.2, 0.25) is 0 Å². The van der Waals surface area contributed by atoms with E-state index in [0.717, 1.165) is 19.3 Å². The highest BCUT2D eigenvalue weighted by Gasteiger charge is 2.71. The fourth-order valence-electron chi connectivity index (χ4n) is 17.0. The van der Waals surface area contributed by atoms with Gasteiger partial charge in [-0.15, -0.1) is 0 Å². The van der Waals surface area contributed by atoms with E-state index in [1.54, 1.807) is 19.9 Å². The topological polar surface area (TPSA) is 383 Å². The average molecular weight is 1190 g/mol. The number of carbonyl (C=O) groups is 1. The summed E-state index contributed by atoms with van der Waals surface area (Å²) < 4.78 is 54.9. The van der Waals surface area contributed by atoms with Gasteiger partial charge in [-0.25, -0.2) is 4.79 Å². The molecular formula is C59H96O24. The van der Waals surface area contributed by atoms with Gasteiger partial charge in [0.25, 0.3) is 0 Å². The Morgan fingerprint density at radius 2 is 1.20 bits per heavy atom. The Kier molecular flexibility index (Phi) is 19.0. The lowest BCUT2D eigenvalue weighted by molar-refractivity contribution is -0.369. The van der Waals surface area contributed by atoms with Crippen LogP contribution < -0.4 is 0 Å². The predicted octanol–water partition coefficient (Wildman–Crippen LogP) is -1.08. The van der Waals surface area contributed by atoms with Gasteiger partial charge in [0.1, 0.15) is 85.5 Å². The lowest BCUT2D eigenvalue weighted by Gasteiger charge is -2.72. The molecular weight excluding hydrogens is 1090 g/mol. The molecule has 0 amide bonds. The minimum absolute atomic E-state index is 0.0710. The van der Waals surface area contributed by atoms with E-state index in [4.69, 9.17) is 42.6 Å². The van der Waals surface area contributed by atoms with Gasteiger partial charge >= 0.3 is 5.97 Å². The molecule has 5 aliphatic carbocycles. The molecule has 0 aromatic heterocycles. The molecule has 0 spiro atoms. The molecule has 9 rings (SSSR count). The van der Waals surface area contributed by atoms with Gasteiger partial charge in [-0.1, -0.05) is 66.2 Å². The summed E-state index contributed by atoms with van der Waals surface area (Å²) in [6, 6.07) is 0. The molecule has 4 saturated carbocycles. The number of fused-ring (bicyclic) bond motifs is 7. The third kappa shape index (κ3) is 11.0. The summed E-state index contributed by atoms with van der Waals surface area (Å²) in [4.78, 5) is 13.3. The molecule has 9 aliphatic rings. The Hall–Kier alpha value is -1.93. The second-order valence-electron chi connectivity index (χ2n) is 27.8. The number of carbonyl (C=O) groups excluding carboxylic acids is 1. The third-order valence-corrected chi connectivity index (χ3v) is 22.7. The minimum Gasteiger partial charge on any atom is -0.451 e. The number of rotatable bonds is 14. The summed E-state index contributed by atoms with van der Waals surface area (Å²) in [6.07, 6.45) is -25.0. The fourth-order valence-corrected chi connectivity index (χ4v) is 17.0. The molecule has 0 bridgehead atoms. The SMILES string of the molecule is CC=C(C)C(=O)OC1C(OC2CCC3(C)C(CCC4(C)C3CC=C3C5CC(C)(C)C(O)C(O)C5(COC5OC(CO)C(O)C(O)C5OC5OC(C)C(O)C(O)C5O)CCC34C)C2(C)C)OC(COC2OC(CO)C(O)C(O)C2O)C(O)C1O. The Balaban J connectivity index is 0.965. The van der Waals surface area contributed by atoms with Crippen LogP contribution in [0.25, 0.3) is 0 Å². The van der Waals surface area contributed by atoms with E-state index >= 15 is 0 Å². The number of hydrogen-bond donors (Lipinski definition) is 14. The first-order valence-corrected chi connectivity index (χ1v) is 29.9. The van der Waals surface area contributed by atoms with Crippen molar-refractivity contribution in [2.24, 2.45) is 50.2 Å². The molecule has 14 N–H and O–H groups in total. The Morgan fingerprint density at radius 3 is 1.86 bits per heavy atom. The van der Waals surface area contributed by atoms with Crippen molar-refractivity contribution >= 4 is 5.97 Å². The second kappa shape index (κ2) is 24.1. The first kappa shape index (κ1) is 65.5. The number of esters is 1. The third-order valence-electron chi connectivity index (χ3n) is 22.7. The maximum absolute atomic E-state index is 13.3. The molecule has 8 fully saturated rings. The summed E-state index contributed by atoms with van der Waals surface area (Å²) >= 11 is 0. The predicted molar refractivity (Wildman–Crippen MR) is 287 cm³/mol. The van der Waals surface area contributed by atoms with Crippen LogP contribution in [-0.2, 0) is 47.4 Å². The number of hydrogen-bond acceptors (Lipinski definition) is 24. The van der Waals surface area contributed by atoms with Crippen molar-refractivity contribution in [3.05, 3.63) is 23.3 Å². The highest BCUT2D eigenvalue weighted by molar-refractivity contribution is 5.87. The van der Waals surface area contributed by atoms with Crippen LogP contribution in [0.4, 0.5) is 0 Å². The van der Waals surface area contributed by atoms with Gasteiger partial charge in [-0.05, 0) is 117 Å². The number of aliphatic hydroxyl groups excluding tert-OH is 14. The molecule has 4 saturated heterocycles. The van der Waals surface area contributed by atoms with Gasteiger partial charge in [-0.2, -0.15) is 0 Å². The molecule has 4 aliphatic heterocycles. The molecule has 0 radical (unpaired) electrons. The van der Waals surface area contributed by atoms with Crippen molar-refractivity contribution < 1.29 is 119 Å². The van der Waals surface area contributed by atoms with Gasteiger partial charge in [0, 0.05) is 11.0 Å². The van der Waals surface area contributed by atoms with E-state index in [1.807, 2.05) is 13.8 Å². The van der Waals surface area contributed by atoms with Crippen LogP contribution in [0.5, 0.6) is 0 Å². The molecule has 24 nitrogen and oxygen atoms in total. The summed E-state index contributed by atoms with van der Waals surface area (Å²) in [7, 11) is 0. The molecule has 0 aromatic rings. The monoisotopic (exact) mass is 1190 g/mol. The van der Waals surface area contributed by atoms with Crippen molar-refractivity contribution in [2.75, 3.05) is 26.4 Å². The lowest BCUT2D eigenvalue weighted by Crippen LogP contribution is -2.69. The summed E-state index contributed by atoms with van der Waals surface area (Å²) in [5.74, 6) is -0.866. The molecule has 24 heteroatoms. The van der Waals surface area contributed by atoms with Crippen LogP contribution >= 0.6 is 0 Å². The zero-order chi connectivity index (χ0) is 61.0. The van der Waals surface area contributed by atoms with E-state index in [1.165, 1.54) is 12.5 Å². The first-order valence-electron chi connectivity index (χ1n) is 29.9. The first-order chi connectivity index (χ1) is 38.8.